The second kappa shape index (κ2) is 7.88. The van der Waals surface area contributed by atoms with E-state index in [-0.39, 0.29) is 11.9 Å². The van der Waals surface area contributed by atoms with Gasteiger partial charge in [0.05, 0.1) is 12.8 Å². The van der Waals surface area contributed by atoms with Gasteiger partial charge in [-0.25, -0.2) is 4.79 Å². The van der Waals surface area contributed by atoms with Crippen molar-refractivity contribution in [1.29, 1.82) is 0 Å². The maximum absolute atomic E-state index is 12.6. The van der Waals surface area contributed by atoms with Crippen molar-refractivity contribution >= 4 is 17.6 Å². The van der Waals surface area contributed by atoms with Crippen LogP contribution in [0.4, 0.5) is 10.5 Å². The number of benzene rings is 1. The van der Waals surface area contributed by atoms with Crippen LogP contribution >= 0.6 is 0 Å². The summed E-state index contributed by atoms with van der Waals surface area (Å²) in [6.07, 6.45) is 3.90. The highest BCUT2D eigenvalue weighted by Gasteiger charge is 2.34. The number of likely N-dealkylation sites (tertiary alicyclic amines) is 1. The summed E-state index contributed by atoms with van der Waals surface area (Å²) in [4.78, 5) is 26.7. The zero-order valence-corrected chi connectivity index (χ0v) is 14.3. The predicted molar refractivity (Wildman–Crippen MR) is 95.1 cm³/mol. The van der Waals surface area contributed by atoms with Gasteiger partial charge in [-0.15, -0.1) is 0 Å². The summed E-state index contributed by atoms with van der Waals surface area (Å²) in [7, 11) is 0. The first kappa shape index (κ1) is 17.1. The Morgan fingerprint density at radius 3 is 2.84 bits per heavy atom. The molecule has 2 heterocycles. The second-order valence-corrected chi connectivity index (χ2v) is 6.09. The van der Waals surface area contributed by atoms with Crippen molar-refractivity contribution in [2.75, 3.05) is 11.9 Å². The van der Waals surface area contributed by atoms with Crippen molar-refractivity contribution in [1.82, 2.24) is 10.2 Å². The third-order valence-corrected chi connectivity index (χ3v) is 4.47. The first-order valence-corrected chi connectivity index (χ1v) is 8.64. The lowest BCUT2D eigenvalue weighted by atomic mass is 10.1. The third kappa shape index (κ3) is 4.02. The molecule has 0 bridgehead atoms. The molecule has 1 atom stereocenters. The van der Waals surface area contributed by atoms with Gasteiger partial charge in [0.2, 0.25) is 5.91 Å². The Hall–Kier alpha value is -2.76. The molecule has 3 rings (SSSR count). The number of carbonyl (C=O) groups excluding carboxylic acids is 2. The zero-order valence-electron chi connectivity index (χ0n) is 14.3. The number of nitrogens with zero attached hydrogens (tertiary/aromatic N) is 1. The molecule has 1 aliphatic rings. The summed E-state index contributed by atoms with van der Waals surface area (Å²) >= 11 is 0. The summed E-state index contributed by atoms with van der Waals surface area (Å²) < 4.78 is 5.22. The van der Waals surface area contributed by atoms with Crippen molar-refractivity contribution in [3.05, 3.63) is 54.0 Å². The van der Waals surface area contributed by atoms with Crippen molar-refractivity contribution in [2.45, 2.75) is 38.8 Å². The van der Waals surface area contributed by atoms with Crippen LogP contribution in [0.15, 0.2) is 47.1 Å². The Balaban J connectivity index is 1.62. The maximum atomic E-state index is 12.6. The van der Waals surface area contributed by atoms with E-state index < -0.39 is 6.04 Å². The normalized spacial score (nSPS) is 16.7. The van der Waals surface area contributed by atoms with Crippen LogP contribution in [0.1, 0.15) is 31.1 Å². The average Bonchev–Trinajstić information content (AvgIpc) is 3.31. The van der Waals surface area contributed by atoms with Crippen LogP contribution in [0, 0.1) is 0 Å². The lowest BCUT2D eigenvalue weighted by Crippen LogP contribution is -2.47. The Kier molecular flexibility index (Phi) is 5.38. The fourth-order valence-electron chi connectivity index (χ4n) is 3.13. The topological polar surface area (TPSA) is 74.6 Å². The smallest absolute Gasteiger partial charge is 0.322 e. The highest BCUT2D eigenvalue weighted by molar-refractivity contribution is 5.94. The molecule has 0 radical (unpaired) electrons. The van der Waals surface area contributed by atoms with Gasteiger partial charge >= 0.3 is 6.03 Å². The number of nitrogens with one attached hydrogen (secondary N) is 2. The molecule has 0 aliphatic carbocycles. The summed E-state index contributed by atoms with van der Waals surface area (Å²) in [6, 6.07) is 10.6. The average molecular weight is 341 g/mol. The van der Waals surface area contributed by atoms with Crippen LogP contribution in [-0.4, -0.2) is 29.4 Å². The zero-order chi connectivity index (χ0) is 17.6. The van der Waals surface area contributed by atoms with Gasteiger partial charge in [0.1, 0.15) is 11.8 Å². The van der Waals surface area contributed by atoms with E-state index in [2.05, 4.69) is 10.6 Å². The molecule has 6 nitrogen and oxygen atoms in total. The van der Waals surface area contributed by atoms with Crippen LogP contribution in [0.2, 0.25) is 0 Å². The number of amides is 3. The number of para-hydroxylation sites is 1. The molecule has 1 aliphatic heterocycles. The molecule has 25 heavy (non-hydrogen) atoms. The van der Waals surface area contributed by atoms with Gasteiger partial charge in [0.25, 0.3) is 0 Å². The van der Waals surface area contributed by atoms with Crippen LogP contribution in [0.5, 0.6) is 0 Å². The molecule has 6 heteroatoms. The van der Waals surface area contributed by atoms with Gasteiger partial charge < -0.3 is 20.0 Å². The summed E-state index contributed by atoms with van der Waals surface area (Å²) in [5.74, 6) is 0.548. The summed E-state index contributed by atoms with van der Waals surface area (Å²) in [5.41, 5.74) is 1.88. The van der Waals surface area contributed by atoms with E-state index >= 15 is 0 Å². The van der Waals surface area contributed by atoms with Gasteiger partial charge in [-0.3, -0.25) is 4.79 Å². The van der Waals surface area contributed by atoms with Gasteiger partial charge in [0, 0.05) is 12.2 Å². The van der Waals surface area contributed by atoms with E-state index in [9.17, 15) is 9.59 Å². The van der Waals surface area contributed by atoms with E-state index in [1.165, 1.54) is 0 Å². The Morgan fingerprint density at radius 1 is 1.24 bits per heavy atom. The quantitative estimate of drug-likeness (QED) is 0.877. The van der Waals surface area contributed by atoms with Crippen molar-refractivity contribution in [2.24, 2.45) is 0 Å². The fraction of sp³-hybridized carbons (Fsp3) is 0.368. The monoisotopic (exact) mass is 341 g/mol. The van der Waals surface area contributed by atoms with Crippen molar-refractivity contribution in [3.63, 3.8) is 0 Å². The fourth-order valence-corrected chi connectivity index (χ4v) is 3.13. The Labute approximate surface area is 147 Å². The number of aryl methyl sites for hydroxylation is 1. The van der Waals surface area contributed by atoms with E-state index in [1.54, 1.807) is 23.3 Å². The van der Waals surface area contributed by atoms with Gasteiger partial charge in [-0.1, -0.05) is 25.1 Å². The highest BCUT2D eigenvalue weighted by Crippen LogP contribution is 2.21. The first-order chi connectivity index (χ1) is 12.2. The molecular weight excluding hydrogens is 318 g/mol. The Bertz CT molecular complexity index is 727. The van der Waals surface area contributed by atoms with Gasteiger partial charge in [0.15, 0.2) is 0 Å². The van der Waals surface area contributed by atoms with Crippen LogP contribution in [-0.2, 0) is 17.8 Å². The van der Waals surface area contributed by atoms with E-state index in [0.717, 1.165) is 24.1 Å². The molecule has 2 N–H and O–H groups in total. The van der Waals surface area contributed by atoms with E-state index in [1.807, 2.05) is 31.2 Å². The molecule has 1 saturated heterocycles. The number of rotatable bonds is 5. The number of hydrogen-bond acceptors (Lipinski definition) is 3. The largest absolute Gasteiger partial charge is 0.467 e. The summed E-state index contributed by atoms with van der Waals surface area (Å²) in [6.45, 7) is 2.96. The minimum absolute atomic E-state index is 0.146. The molecule has 0 unspecified atom stereocenters. The highest BCUT2D eigenvalue weighted by atomic mass is 16.3. The molecule has 132 valence electrons. The standard InChI is InChI=1S/C19H23N3O3/c1-2-14-7-3-4-9-16(14)21-19(24)22-11-5-10-17(22)18(23)20-13-15-8-6-12-25-15/h3-4,6-9,12,17H,2,5,10-11,13H2,1H3,(H,20,23)(H,21,24)/t17-/m0/s1. The van der Waals surface area contributed by atoms with Gasteiger partial charge in [-0.2, -0.15) is 0 Å². The van der Waals surface area contributed by atoms with Crippen molar-refractivity contribution in [3.8, 4) is 0 Å². The number of furan rings is 1. The third-order valence-electron chi connectivity index (χ3n) is 4.47. The van der Waals surface area contributed by atoms with Crippen LogP contribution in [0.3, 0.4) is 0 Å². The van der Waals surface area contributed by atoms with Gasteiger partial charge in [-0.05, 0) is 43.0 Å². The maximum Gasteiger partial charge on any atom is 0.322 e. The number of urea groups is 1. The molecule has 1 aromatic carbocycles. The SMILES string of the molecule is CCc1ccccc1NC(=O)N1CCC[C@H]1C(=O)NCc1ccco1. The molecule has 0 saturated carbocycles. The number of anilines is 1. The molecule has 3 amide bonds. The predicted octanol–water partition coefficient (Wildman–Crippen LogP) is 3.15. The molecule has 1 aromatic heterocycles. The molecule has 2 aromatic rings. The van der Waals surface area contributed by atoms with Crippen LogP contribution < -0.4 is 10.6 Å². The first-order valence-electron chi connectivity index (χ1n) is 8.64. The number of hydrogen-bond donors (Lipinski definition) is 2. The minimum Gasteiger partial charge on any atom is -0.467 e. The van der Waals surface area contributed by atoms with E-state index in [0.29, 0.717) is 25.3 Å². The Morgan fingerprint density at radius 2 is 2.08 bits per heavy atom. The lowest BCUT2D eigenvalue weighted by molar-refractivity contribution is -0.124. The molecule has 1 fully saturated rings. The lowest BCUT2D eigenvalue weighted by Gasteiger charge is -2.24. The second-order valence-electron chi connectivity index (χ2n) is 6.09. The molecular formula is C19H23N3O3. The van der Waals surface area contributed by atoms with Crippen molar-refractivity contribution < 1.29 is 14.0 Å². The van der Waals surface area contributed by atoms with Crippen LogP contribution in [0.25, 0.3) is 0 Å². The summed E-state index contributed by atoms with van der Waals surface area (Å²) in [5, 5.41) is 5.79. The van der Waals surface area contributed by atoms with E-state index in [4.69, 9.17) is 4.42 Å². The number of carbonyl (C=O) groups is 2. The molecule has 0 spiro atoms. The minimum atomic E-state index is -0.441.